The maximum atomic E-state index is 12.8. The second kappa shape index (κ2) is 10.5. The van der Waals surface area contributed by atoms with Crippen LogP contribution in [0.3, 0.4) is 0 Å². The molecule has 2 aromatic carbocycles. The van der Waals surface area contributed by atoms with Crippen LogP contribution in [0.15, 0.2) is 42.5 Å². The Morgan fingerprint density at radius 1 is 1.10 bits per heavy atom. The molecule has 6 nitrogen and oxygen atoms in total. The van der Waals surface area contributed by atoms with E-state index in [1.165, 1.54) is 0 Å². The molecule has 0 aliphatic carbocycles. The van der Waals surface area contributed by atoms with E-state index in [0.717, 1.165) is 33.7 Å². The smallest absolute Gasteiger partial charge is 0.241 e. The molecule has 1 amide bonds. The Labute approximate surface area is 180 Å². The largest absolute Gasteiger partial charge is 0.494 e. The van der Waals surface area contributed by atoms with Gasteiger partial charge in [-0.2, -0.15) is 0 Å². The first-order valence-corrected chi connectivity index (χ1v) is 12.1. The van der Waals surface area contributed by atoms with Crippen molar-refractivity contribution in [2.24, 2.45) is 0 Å². The first-order chi connectivity index (χ1) is 14.2. The summed E-state index contributed by atoms with van der Waals surface area (Å²) in [5.74, 6) is 0.318. The first kappa shape index (κ1) is 23.7. The second-order valence-electron chi connectivity index (χ2n) is 7.50. The molecule has 0 saturated heterocycles. The highest BCUT2D eigenvalue weighted by Gasteiger charge is 2.23. The van der Waals surface area contributed by atoms with E-state index in [4.69, 9.17) is 4.74 Å². The van der Waals surface area contributed by atoms with Crippen LogP contribution in [-0.2, 0) is 14.8 Å². The zero-order valence-electron chi connectivity index (χ0n) is 18.4. The second-order valence-corrected chi connectivity index (χ2v) is 9.41. The van der Waals surface area contributed by atoms with E-state index in [-0.39, 0.29) is 18.5 Å². The third-order valence-electron chi connectivity index (χ3n) is 4.83. The number of hydrogen-bond donors (Lipinski definition) is 1. The molecule has 0 bridgehead atoms. The summed E-state index contributed by atoms with van der Waals surface area (Å²) in [7, 11) is -3.63. The van der Waals surface area contributed by atoms with E-state index in [1.54, 1.807) is 24.3 Å². The quantitative estimate of drug-likeness (QED) is 0.613. The van der Waals surface area contributed by atoms with E-state index < -0.39 is 10.0 Å². The number of nitrogens with one attached hydrogen (secondary N) is 1. The molecule has 0 aliphatic rings. The van der Waals surface area contributed by atoms with Crippen LogP contribution < -0.4 is 14.4 Å². The molecule has 0 aliphatic heterocycles. The number of anilines is 1. The lowest BCUT2D eigenvalue weighted by atomic mass is 9.97. The third kappa shape index (κ3) is 6.49. The van der Waals surface area contributed by atoms with E-state index >= 15 is 0 Å². The monoisotopic (exact) mass is 432 g/mol. The highest BCUT2D eigenvalue weighted by Crippen LogP contribution is 2.24. The molecule has 0 radical (unpaired) electrons. The minimum atomic E-state index is -3.63. The van der Waals surface area contributed by atoms with Gasteiger partial charge in [0, 0.05) is 0 Å². The number of carbonyl (C=O) groups excluding carboxylic acids is 1. The average Bonchev–Trinajstić information content (AvgIpc) is 2.69. The highest BCUT2D eigenvalue weighted by atomic mass is 32.2. The van der Waals surface area contributed by atoms with Gasteiger partial charge in [0.2, 0.25) is 15.9 Å². The van der Waals surface area contributed by atoms with Crippen molar-refractivity contribution < 1.29 is 17.9 Å². The van der Waals surface area contributed by atoms with Crippen molar-refractivity contribution in [2.75, 3.05) is 23.7 Å². The summed E-state index contributed by atoms with van der Waals surface area (Å²) in [6.45, 7) is 8.36. The zero-order valence-corrected chi connectivity index (χ0v) is 19.3. The van der Waals surface area contributed by atoms with Crippen molar-refractivity contribution in [3.8, 4) is 5.75 Å². The van der Waals surface area contributed by atoms with Crippen LogP contribution in [0.5, 0.6) is 5.75 Å². The molecule has 2 rings (SSSR count). The lowest BCUT2D eigenvalue weighted by Crippen LogP contribution is -2.41. The summed E-state index contributed by atoms with van der Waals surface area (Å²) in [6, 6.07) is 12.7. The van der Waals surface area contributed by atoms with Crippen molar-refractivity contribution in [2.45, 2.75) is 46.6 Å². The van der Waals surface area contributed by atoms with Crippen LogP contribution in [0.2, 0.25) is 0 Å². The number of hydrogen-bond acceptors (Lipinski definition) is 4. The maximum absolute atomic E-state index is 12.8. The van der Waals surface area contributed by atoms with Crippen LogP contribution in [0.1, 0.15) is 49.4 Å². The molecule has 7 heteroatoms. The molecular formula is C23H32N2O4S. The molecule has 30 heavy (non-hydrogen) atoms. The third-order valence-corrected chi connectivity index (χ3v) is 5.97. The molecule has 0 saturated carbocycles. The molecule has 0 spiro atoms. The van der Waals surface area contributed by atoms with Crippen LogP contribution in [-0.4, -0.2) is 33.7 Å². The maximum Gasteiger partial charge on any atom is 0.241 e. The number of sulfonamides is 1. The molecule has 2 aromatic rings. The van der Waals surface area contributed by atoms with Crippen molar-refractivity contribution >= 4 is 21.6 Å². The van der Waals surface area contributed by atoms with E-state index in [1.807, 2.05) is 39.8 Å². The van der Waals surface area contributed by atoms with Gasteiger partial charge in [-0.25, -0.2) is 8.42 Å². The number of nitrogens with zero attached hydrogens (tertiary/aromatic N) is 1. The SMILES string of the molecule is CCCOc1ccc(N(CC(=O)N[C@@H](CC)c2ccc(C)cc2C)S(C)(=O)=O)cc1. The summed E-state index contributed by atoms with van der Waals surface area (Å²) in [4.78, 5) is 12.8. The lowest BCUT2D eigenvalue weighted by molar-refractivity contribution is -0.120. The number of ether oxygens (including phenoxy) is 1. The number of rotatable bonds is 10. The van der Waals surface area contributed by atoms with Gasteiger partial charge < -0.3 is 10.1 Å². The fourth-order valence-electron chi connectivity index (χ4n) is 3.32. The van der Waals surface area contributed by atoms with E-state index in [2.05, 4.69) is 11.4 Å². The van der Waals surface area contributed by atoms with Gasteiger partial charge in [0.15, 0.2) is 0 Å². The minimum Gasteiger partial charge on any atom is -0.494 e. The fraction of sp³-hybridized carbons (Fsp3) is 0.435. The summed E-state index contributed by atoms with van der Waals surface area (Å²) >= 11 is 0. The van der Waals surface area contributed by atoms with Crippen molar-refractivity contribution in [1.82, 2.24) is 5.32 Å². The van der Waals surface area contributed by atoms with Gasteiger partial charge in [-0.15, -0.1) is 0 Å². The molecule has 0 aromatic heterocycles. The van der Waals surface area contributed by atoms with Crippen molar-refractivity contribution in [3.63, 3.8) is 0 Å². The number of carbonyl (C=O) groups is 1. The van der Waals surface area contributed by atoms with Crippen molar-refractivity contribution in [1.29, 1.82) is 0 Å². The Balaban J connectivity index is 2.17. The Bertz CT molecular complexity index is 956. The summed E-state index contributed by atoms with van der Waals surface area (Å²) < 4.78 is 31.4. The summed E-state index contributed by atoms with van der Waals surface area (Å²) in [5, 5.41) is 2.99. The molecule has 0 heterocycles. The van der Waals surface area contributed by atoms with Gasteiger partial charge in [0.1, 0.15) is 12.3 Å². The summed E-state index contributed by atoms with van der Waals surface area (Å²) in [6.07, 6.45) is 2.69. The number of benzene rings is 2. The van der Waals surface area contributed by atoms with Crippen LogP contribution in [0.25, 0.3) is 0 Å². The average molecular weight is 433 g/mol. The van der Waals surface area contributed by atoms with Gasteiger partial charge >= 0.3 is 0 Å². The molecule has 0 unspecified atom stereocenters. The minimum absolute atomic E-state index is 0.177. The topological polar surface area (TPSA) is 75.7 Å². The van der Waals surface area contributed by atoms with Crippen LogP contribution in [0, 0.1) is 13.8 Å². The Hall–Kier alpha value is -2.54. The number of aryl methyl sites for hydroxylation is 2. The molecule has 1 atom stereocenters. The summed E-state index contributed by atoms with van der Waals surface area (Å²) in [5.41, 5.74) is 3.73. The van der Waals surface area contributed by atoms with E-state index in [0.29, 0.717) is 24.5 Å². The van der Waals surface area contributed by atoms with Crippen molar-refractivity contribution in [3.05, 3.63) is 59.2 Å². The molecule has 0 fully saturated rings. The van der Waals surface area contributed by atoms with E-state index in [9.17, 15) is 13.2 Å². The Kier molecular flexibility index (Phi) is 8.29. The normalized spacial score (nSPS) is 12.3. The number of amides is 1. The molecule has 1 N–H and O–H groups in total. The standard InChI is InChI=1S/C23H32N2O4S/c1-6-14-29-20-11-9-19(10-12-20)25(30(5,27)28)16-23(26)24-22(7-2)21-13-8-17(3)15-18(21)4/h8-13,15,22H,6-7,14,16H2,1-5H3,(H,24,26)/t22-/m0/s1. The first-order valence-electron chi connectivity index (χ1n) is 10.2. The Morgan fingerprint density at radius 3 is 2.30 bits per heavy atom. The predicted octanol–water partition coefficient (Wildman–Crippen LogP) is 4.13. The molecular weight excluding hydrogens is 400 g/mol. The van der Waals surface area contributed by atoms with Gasteiger partial charge in [-0.3, -0.25) is 9.10 Å². The Morgan fingerprint density at radius 2 is 1.77 bits per heavy atom. The lowest BCUT2D eigenvalue weighted by Gasteiger charge is -2.25. The van der Waals surface area contributed by atoms with Gasteiger partial charge in [-0.05, 0) is 62.1 Å². The van der Waals surface area contributed by atoms with Gasteiger partial charge in [0.05, 0.1) is 24.6 Å². The van der Waals surface area contributed by atoms with Gasteiger partial charge in [0.25, 0.3) is 0 Å². The van der Waals surface area contributed by atoms with Gasteiger partial charge in [-0.1, -0.05) is 37.6 Å². The van der Waals surface area contributed by atoms with Crippen LogP contribution in [0.4, 0.5) is 5.69 Å². The molecule has 164 valence electrons. The van der Waals surface area contributed by atoms with Crippen LogP contribution >= 0.6 is 0 Å². The highest BCUT2D eigenvalue weighted by molar-refractivity contribution is 7.92. The zero-order chi connectivity index (χ0) is 22.3. The predicted molar refractivity (Wildman–Crippen MR) is 122 cm³/mol. The fourth-order valence-corrected chi connectivity index (χ4v) is 4.17.